The number of amides is 2. The smallest absolute Gasteiger partial charge is 0.259 e. The van der Waals surface area contributed by atoms with Crippen LogP contribution >= 0.6 is 46.4 Å². The van der Waals surface area contributed by atoms with Gasteiger partial charge in [-0.15, -0.1) is 0 Å². The average molecular weight is 716 g/mol. The number of phenolic OH excluding ortho intramolecular Hbond substituents is 2. The van der Waals surface area contributed by atoms with Gasteiger partial charge in [0.1, 0.15) is 11.8 Å². The third-order valence-corrected chi connectivity index (χ3v) is 11.0. The maximum atomic E-state index is 14.0. The van der Waals surface area contributed by atoms with Crippen LogP contribution in [0.3, 0.4) is 0 Å². The predicted octanol–water partition coefficient (Wildman–Crippen LogP) is 6.18. The molecule has 0 unspecified atom stereocenters. The quantitative estimate of drug-likeness (QED) is 0.250. The maximum Gasteiger partial charge on any atom is 0.259 e. The van der Waals surface area contributed by atoms with E-state index in [0.29, 0.717) is 0 Å². The number of anilines is 2. The number of para-hydroxylation sites is 2. The van der Waals surface area contributed by atoms with E-state index in [-0.39, 0.29) is 42.6 Å². The van der Waals surface area contributed by atoms with Crippen LogP contribution in [0.15, 0.2) is 82.6 Å². The van der Waals surface area contributed by atoms with Crippen molar-refractivity contribution in [1.29, 1.82) is 0 Å². The van der Waals surface area contributed by atoms with Crippen LogP contribution in [0, 0.1) is 0 Å². The summed E-state index contributed by atoms with van der Waals surface area (Å²) in [4.78, 5) is 28.3. The zero-order valence-electron chi connectivity index (χ0n) is 21.9. The molecule has 0 aliphatic carbocycles. The van der Waals surface area contributed by atoms with Crippen LogP contribution in [0.25, 0.3) is 0 Å². The molecule has 44 heavy (non-hydrogen) atoms. The van der Waals surface area contributed by atoms with Crippen LogP contribution in [-0.4, -0.2) is 50.6 Å². The van der Waals surface area contributed by atoms with Crippen LogP contribution in [-0.2, 0) is 19.7 Å². The number of hydrogen-bond acceptors (Lipinski definition) is 8. The summed E-state index contributed by atoms with van der Waals surface area (Å²) in [5, 5.41) is 18.8. The monoisotopic (exact) mass is 714 g/mol. The van der Waals surface area contributed by atoms with E-state index in [9.17, 15) is 36.6 Å². The number of benzene rings is 4. The van der Waals surface area contributed by atoms with Gasteiger partial charge in [-0.2, -0.15) is 0 Å². The molecule has 1 aliphatic rings. The zero-order chi connectivity index (χ0) is 32.1. The summed E-state index contributed by atoms with van der Waals surface area (Å²) in [6, 6.07) is 14.6. The standard InChI is InChI=1S/C28H18Cl4N2O8S2/c29-17-9-15(10-18(30)25(17)35)27(37)33-13-44(41,42)24-8-4-2-6-22(24)34(14-43(39,40)23-7-3-1-5-21(23)33)28(38)16-11-19(31)26(36)20(32)12-16/h1-12,35-36H,13-14H2. The second kappa shape index (κ2) is 11.8. The highest BCUT2D eigenvalue weighted by Gasteiger charge is 2.37. The van der Waals surface area contributed by atoms with E-state index >= 15 is 0 Å². The van der Waals surface area contributed by atoms with Crippen LogP contribution in [0.1, 0.15) is 20.7 Å². The van der Waals surface area contributed by atoms with Crippen molar-refractivity contribution >= 4 is 89.3 Å². The van der Waals surface area contributed by atoms with Crippen molar-refractivity contribution in [3.8, 4) is 11.5 Å². The number of carbonyl (C=O) groups is 2. The van der Waals surface area contributed by atoms with E-state index in [1.807, 2.05) is 0 Å². The van der Waals surface area contributed by atoms with E-state index < -0.39 is 64.5 Å². The maximum absolute atomic E-state index is 14.0. The summed E-state index contributed by atoms with van der Waals surface area (Å²) in [7, 11) is -9.03. The Morgan fingerprint density at radius 1 is 0.568 bits per heavy atom. The van der Waals surface area contributed by atoms with Gasteiger partial charge < -0.3 is 10.2 Å². The fourth-order valence-corrected chi connectivity index (χ4v) is 8.54. The topological polar surface area (TPSA) is 149 Å². The summed E-state index contributed by atoms with van der Waals surface area (Å²) in [5.74, 6) is -5.11. The number of halogens is 4. The van der Waals surface area contributed by atoms with Crippen LogP contribution in [0.2, 0.25) is 20.1 Å². The van der Waals surface area contributed by atoms with Crippen molar-refractivity contribution in [2.45, 2.75) is 9.79 Å². The van der Waals surface area contributed by atoms with E-state index in [4.69, 9.17) is 46.4 Å². The Morgan fingerprint density at radius 3 is 1.18 bits per heavy atom. The Balaban J connectivity index is 1.75. The molecular formula is C28H18Cl4N2O8S2. The predicted molar refractivity (Wildman–Crippen MR) is 167 cm³/mol. The second-order valence-electron chi connectivity index (χ2n) is 9.47. The Morgan fingerprint density at radius 2 is 0.864 bits per heavy atom. The number of sulfone groups is 2. The largest absolute Gasteiger partial charge is 0.505 e. The van der Waals surface area contributed by atoms with E-state index in [1.165, 1.54) is 48.5 Å². The molecule has 228 valence electrons. The van der Waals surface area contributed by atoms with Crippen molar-refractivity contribution in [3.63, 3.8) is 0 Å². The minimum atomic E-state index is -4.51. The summed E-state index contributed by atoms with van der Waals surface area (Å²) >= 11 is 24.1. The summed E-state index contributed by atoms with van der Waals surface area (Å²) in [5.41, 5.74) is -1.07. The van der Waals surface area contributed by atoms with Gasteiger partial charge in [-0.25, -0.2) is 16.8 Å². The van der Waals surface area contributed by atoms with Gasteiger partial charge in [0, 0.05) is 11.1 Å². The lowest BCUT2D eigenvalue weighted by molar-refractivity contribution is 0.0981. The first-order valence-corrected chi connectivity index (χ1v) is 17.1. The Labute approximate surface area is 271 Å². The number of rotatable bonds is 2. The first kappa shape index (κ1) is 31.9. The first-order chi connectivity index (χ1) is 20.6. The van der Waals surface area contributed by atoms with Crippen LogP contribution in [0.5, 0.6) is 11.5 Å². The Kier molecular flexibility index (Phi) is 8.53. The molecule has 0 bridgehead atoms. The lowest BCUT2D eigenvalue weighted by atomic mass is 10.1. The molecule has 0 radical (unpaired) electrons. The molecule has 5 rings (SSSR count). The molecule has 2 amide bonds. The average Bonchev–Trinajstić information content (AvgIpc) is 2.98. The number of phenols is 2. The molecule has 0 spiro atoms. The summed E-state index contributed by atoms with van der Waals surface area (Å²) in [6.45, 7) is 0. The second-order valence-corrected chi connectivity index (χ2v) is 15.0. The number of carbonyl (C=O) groups excluding carboxylic acids is 2. The minimum absolute atomic E-state index is 0.233. The zero-order valence-corrected chi connectivity index (χ0v) is 26.6. The van der Waals surface area contributed by atoms with Gasteiger partial charge in [-0.05, 0) is 48.5 Å². The lowest BCUT2D eigenvalue weighted by Crippen LogP contribution is -2.41. The molecule has 16 heteroatoms. The number of aromatic hydroxyl groups is 2. The van der Waals surface area contributed by atoms with Crippen molar-refractivity contribution < 1.29 is 36.6 Å². The molecule has 10 nitrogen and oxygen atoms in total. The molecule has 4 aromatic carbocycles. The fourth-order valence-electron chi connectivity index (χ4n) is 4.53. The first-order valence-electron chi connectivity index (χ1n) is 12.3. The Bertz CT molecular complexity index is 1890. The molecule has 1 heterocycles. The summed E-state index contributed by atoms with van der Waals surface area (Å²) < 4.78 is 56.1. The highest BCUT2D eigenvalue weighted by atomic mass is 35.5. The number of fused-ring (bicyclic) bond motifs is 2. The van der Waals surface area contributed by atoms with Gasteiger partial charge in [0.15, 0.2) is 31.2 Å². The molecular weight excluding hydrogens is 698 g/mol. The third kappa shape index (κ3) is 5.81. The molecule has 4 aromatic rings. The van der Waals surface area contributed by atoms with Gasteiger partial charge >= 0.3 is 0 Å². The highest BCUT2D eigenvalue weighted by Crippen LogP contribution is 2.39. The lowest BCUT2D eigenvalue weighted by Gasteiger charge is -2.30. The van der Waals surface area contributed by atoms with E-state index in [0.717, 1.165) is 34.1 Å². The SMILES string of the molecule is O=C(c1cc(Cl)c(O)c(Cl)c1)N1CS(=O)(=O)c2ccccc2N(C(=O)c2cc(Cl)c(O)c(Cl)c2)CS(=O)(=O)c2ccccc21. The van der Waals surface area contributed by atoms with Crippen molar-refractivity contribution in [2.24, 2.45) is 0 Å². The van der Waals surface area contributed by atoms with Crippen molar-refractivity contribution in [3.05, 3.63) is 104 Å². The number of hydrogen-bond donors (Lipinski definition) is 2. The van der Waals surface area contributed by atoms with Gasteiger partial charge in [0.05, 0.1) is 41.3 Å². The highest BCUT2D eigenvalue weighted by molar-refractivity contribution is 7.92. The summed E-state index contributed by atoms with van der Waals surface area (Å²) in [6.07, 6.45) is 0. The molecule has 2 N–H and O–H groups in total. The van der Waals surface area contributed by atoms with E-state index in [2.05, 4.69) is 0 Å². The molecule has 0 saturated heterocycles. The molecule has 1 aliphatic heterocycles. The van der Waals surface area contributed by atoms with Gasteiger partial charge in [0.25, 0.3) is 11.8 Å². The molecule has 0 fully saturated rings. The normalized spacial score (nSPS) is 15.6. The van der Waals surface area contributed by atoms with Crippen LogP contribution < -0.4 is 9.80 Å². The van der Waals surface area contributed by atoms with E-state index in [1.54, 1.807) is 0 Å². The molecule has 0 atom stereocenters. The third-order valence-electron chi connectivity index (χ3n) is 6.60. The van der Waals surface area contributed by atoms with Crippen molar-refractivity contribution in [1.82, 2.24) is 0 Å². The van der Waals surface area contributed by atoms with Crippen LogP contribution in [0.4, 0.5) is 11.4 Å². The Hall–Kier alpha value is -3.52. The molecule has 0 aromatic heterocycles. The fraction of sp³-hybridized carbons (Fsp3) is 0.0714. The minimum Gasteiger partial charge on any atom is -0.505 e. The number of nitrogens with zero attached hydrogens (tertiary/aromatic N) is 2. The van der Waals surface area contributed by atoms with Crippen molar-refractivity contribution in [2.75, 3.05) is 21.6 Å². The van der Waals surface area contributed by atoms with Gasteiger partial charge in [-0.3, -0.25) is 19.4 Å². The molecule has 0 saturated carbocycles. The van der Waals surface area contributed by atoms with Gasteiger partial charge in [-0.1, -0.05) is 70.7 Å². The van der Waals surface area contributed by atoms with Gasteiger partial charge in [0.2, 0.25) is 0 Å².